The Hall–Kier alpha value is -2.91. The molecular weight excluding hydrogens is 512 g/mol. The molecule has 2 heterocycles. The lowest BCUT2D eigenvalue weighted by atomic mass is 10.1. The molecule has 0 amide bonds. The first-order valence-corrected chi connectivity index (χ1v) is 13.0. The van der Waals surface area contributed by atoms with Gasteiger partial charge in [-0.3, -0.25) is 18.5 Å². The van der Waals surface area contributed by atoms with Crippen LogP contribution in [-0.2, 0) is 25.5 Å². The van der Waals surface area contributed by atoms with Gasteiger partial charge in [-0.2, -0.15) is 8.42 Å². The van der Waals surface area contributed by atoms with Gasteiger partial charge in [-0.05, 0) is 12.8 Å². The highest BCUT2D eigenvalue weighted by atomic mass is 32.2. The molecule has 0 bridgehead atoms. The molecule has 13 nitrogen and oxygen atoms in total. The molecular formula is C23H32N2O11S. The number of rotatable bonds is 12. The van der Waals surface area contributed by atoms with Crippen molar-refractivity contribution >= 4 is 10.1 Å². The van der Waals surface area contributed by atoms with Crippen molar-refractivity contribution in [1.29, 1.82) is 0 Å². The molecule has 1 aliphatic heterocycles. The molecule has 206 valence electrons. The highest BCUT2D eigenvalue weighted by Gasteiger charge is 2.45. The highest BCUT2D eigenvalue weighted by molar-refractivity contribution is 7.87. The molecule has 4 atom stereocenters. The largest absolute Gasteiger partial charge is 0.496 e. The van der Waals surface area contributed by atoms with Crippen LogP contribution in [0.5, 0.6) is 17.2 Å². The Bertz CT molecular complexity index is 1280. The lowest BCUT2D eigenvalue weighted by Gasteiger charge is -2.18. The lowest BCUT2D eigenvalue weighted by molar-refractivity contribution is -0.0510. The number of hydrogen-bond donors (Lipinski definition) is 3. The van der Waals surface area contributed by atoms with Crippen LogP contribution in [0.4, 0.5) is 0 Å². The van der Waals surface area contributed by atoms with E-state index in [-0.39, 0.29) is 17.2 Å². The second-order valence-electron chi connectivity index (χ2n) is 8.42. The molecule has 1 aromatic carbocycles. The number of methoxy groups -OCH3 is 3. The van der Waals surface area contributed by atoms with Gasteiger partial charge in [-0.15, -0.1) is 0 Å². The third kappa shape index (κ3) is 6.15. The molecule has 1 saturated heterocycles. The summed E-state index contributed by atoms with van der Waals surface area (Å²) in [6.45, 7) is 1.31. The fourth-order valence-corrected chi connectivity index (χ4v) is 5.20. The highest BCUT2D eigenvalue weighted by Crippen LogP contribution is 2.39. The van der Waals surface area contributed by atoms with Crippen molar-refractivity contribution in [2.75, 3.05) is 27.9 Å². The van der Waals surface area contributed by atoms with Gasteiger partial charge in [0.1, 0.15) is 35.6 Å². The Morgan fingerprint density at radius 1 is 1.03 bits per heavy atom. The van der Waals surface area contributed by atoms with E-state index in [1.807, 2.05) is 6.92 Å². The van der Waals surface area contributed by atoms with Crippen molar-refractivity contribution < 1.29 is 41.8 Å². The number of aliphatic hydroxyl groups is 2. The average Bonchev–Trinajstić information content (AvgIpc) is 3.16. The van der Waals surface area contributed by atoms with Crippen LogP contribution in [-0.4, -0.2) is 74.4 Å². The Balaban J connectivity index is 1.82. The minimum Gasteiger partial charge on any atom is -0.496 e. The van der Waals surface area contributed by atoms with E-state index in [1.54, 1.807) is 0 Å². The molecule has 1 aromatic heterocycles. The third-order valence-corrected chi connectivity index (χ3v) is 7.36. The number of unbranched alkanes of at least 4 members (excludes halogenated alkanes) is 2. The van der Waals surface area contributed by atoms with Gasteiger partial charge in [0.25, 0.3) is 5.56 Å². The van der Waals surface area contributed by atoms with E-state index < -0.39 is 57.4 Å². The van der Waals surface area contributed by atoms with Gasteiger partial charge < -0.3 is 29.2 Å². The molecule has 0 saturated carbocycles. The smallest absolute Gasteiger partial charge is 0.330 e. The number of nitrogens with zero attached hydrogens (tertiary/aromatic N) is 1. The van der Waals surface area contributed by atoms with Crippen LogP contribution >= 0.6 is 0 Å². The molecule has 14 heteroatoms. The summed E-state index contributed by atoms with van der Waals surface area (Å²) in [5.74, 6) is 0.0864. The van der Waals surface area contributed by atoms with Gasteiger partial charge in [0.2, 0.25) is 0 Å². The summed E-state index contributed by atoms with van der Waals surface area (Å²) < 4.78 is 53.2. The van der Waals surface area contributed by atoms with Crippen molar-refractivity contribution in [3.63, 3.8) is 0 Å². The molecule has 3 N–H and O–H groups in total. The van der Waals surface area contributed by atoms with Crippen molar-refractivity contribution in [3.05, 3.63) is 44.7 Å². The number of nitrogens with one attached hydrogen (secondary N) is 1. The predicted molar refractivity (Wildman–Crippen MR) is 130 cm³/mol. The minimum absolute atomic E-state index is 0.0996. The number of benzene rings is 1. The number of hydrogen-bond acceptors (Lipinski definition) is 11. The van der Waals surface area contributed by atoms with E-state index in [0.717, 1.165) is 23.8 Å². The zero-order valence-electron chi connectivity index (χ0n) is 21.0. The van der Waals surface area contributed by atoms with Gasteiger partial charge >= 0.3 is 15.8 Å². The molecule has 3 rings (SSSR count). The molecule has 37 heavy (non-hydrogen) atoms. The van der Waals surface area contributed by atoms with Crippen LogP contribution < -0.4 is 25.5 Å². The van der Waals surface area contributed by atoms with Gasteiger partial charge in [0, 0.05) is 23.9 Å². The van der Waals surface area contributed by atoms with Crippen LogP contribution in [0.15, 0.2) is 32.8 Å². The molecule has 0 radical (unpaired) electrons. The Kier molecular flexibility index (Phi) is 9.36. The first kappa shape index (κ1) is 28.7. The molecule has 1 aliphatic rings. The summed E-state index contributed by atoms with van der Waals surface area (Å²) in [5, 5.41) is 21.1. The van der Waals surface area contributed by atoms with Gasteiger partial charge in [-0.1, -0.05) is 19.8 Å². The van der Waals surface area contributed by atoms with E-state index in [1.165, 1.54) is 39.7 Å². The maximum atomic E-state index is 13.0. The summed E-state index contributed by atoms with van der Waals surface area (Å²) >= 11 is 0. The zero-order valence-corrected chi connectivity index (χ0v) is 21.8. The number of H-pyrrole nitrogens is 1. The van der Waals surface area contributed by atoms with Crippen molar-refractivity contribution in [2.24, 2.45) is 0 Å². The van der Waals surface area contributed by atoms with Gasteiger partial charge in [0.15, 0.2) is 11.1 Å². The minimum atomic E-state index is -4.51. The van der Waals surface area contributed by atoms with Crippen molar-refractivity contribution in [1.82, 2.24) is 9.55 Å². The number of aromatic nitrogens is 2. The van der Waals surface area contributed by atoms with Gasteiger partial charge in [-0.25, -0.2) is 4.79 Å². The molecule has 0 spiro atoms. The molecule has 1 fully saturated rings. The topological polar surface area (TPSA) is 176 Å². The zero-order chi connectivity index (χ0) is 27.3. The van der Waals surface area contributed by atoms with E-state index in [0.29, 0.717) is 12.0 Å². The van der Waals surface area contributed by atoms with E-state index in [2.05, 4.69) is 4.98 Å². The van der Waals surface area contributed by atoms with Crippen molar-refractivity contribution in [3.8, 4) is 17.2 Å². The van der Waals surface area contributed by atoms with E-state index >= 15 is 0 Å². The van der Waals surface area contributed by atoms with E-state index in [4.69, 9.17) is 23.1 Å². The molecule has 2 aromatic rings. The summed E-state index contributed by atoms with van der Waals surface area (Å²) in [6.07, 6.45) is -1.67. The maximum Gasteiger partial charge on any atom is 0.330 e. The maximum absolute atomic E-state index is 13.0. The SMILES string of the molecule is CCCCCc1cn(C2OC(COS(=O)(=O)c3c(OC)cc(OC)cc3OC)C(O)C2O)c(=O)[nH]c1=O. The fraction of sp³-hybridized carbons (Fsp3) is 0.565. The first-order chi connectivity index (χ1) is 17.6. The monoisotopic (exact) mass is 544 g/mol. The van der Waals surface area contributed by atoms with Crippen LogP contribution in [0.2, 0.25) is 0 Å². The Morgan fingerprint density at radius 2 is 1.68 bits per heavy atom. The fourth-order valence-electron chi connectivity index (χ4n) is 3.99. The standard InChI is InChI=1S/C23H32N2O11S/c1-5-6-7-8-13-11-25(23(29)24-21(13)28)22-19(27)18(26)17(36-22)12-35-37(30,31)20-15(33-3)9-14(32-2)10-16(20)34-4/h9-11,17-19,22,26-27H,5-8,12H2,1-4H3,(H,24,28,29). The summed E-state index contributed by atoms with van der Waals surface area (Å²) in [7, 11) is -0.598. The van der Waals surface area contributed by atoms with Crippen LogP contribution in [0.3, 0.4) is 0 Å². The quantitative estimate of drug-likeness (QED) is 0.248. The second-order valence-corrected chi connectivity index (χ2v) is 9.98. The third-order valence-electron chi connectivity index (χ3n) is 6.01. The molecule has 0 aliphatic carbocycles. The Labute approximate surface area is 213 Å². The second kappa shape index (κ2) is 12.1. The number of aryl methyl sites for hydroxylation is 1. The number of ether oxygens (including phenoxy) is 4. The van der Waals surface area contributed by atoms with E-state index in [9.17, 15) is 28.2 Å². The van der Waals surface area contributed by atoms with Crippen LogP contribution in [0.1, 0.15) is 38.0 Å². The van der Waals surface area contributed by atoms with Crippen molar-refractivity contribution in [2.45, 2.75) is 62.0 Å². The summed E-state index contributed by atoms with van der Waals surface area (Å²) in [5.41, 5.74) is -1.07. The van der Waals surface area contributed by atoms with Crippen LogP contribution in [0, 0.1) is 0 Å². The summed E-state index contributed by atoms with van der Waals surface area (Å²) in [4.78, 5) is 26.4. The number of aliphatic hydroxyl groups excluding tert-OH is 2. The number of aromatic amines is 1. The Morgan fingerprint density at radius 3 is 2.24 bits per heavy atom. The summed E-state index contributed by atoms with van der Waals surface area (Å²) in [6, 6.07) is 2.67. The molecule has 4 unspecified atom stereocenters. The predicted octanol–water partition coefficient (Wildman–Crippen LogP) is 0.320. The average molecular weight is 545 g/mol. The lowest BCUT2D eigenvalue weighted by Crippen LogP contribution is -2.39. The normalized spacial score (nSPS) is 21.7. The first-order valence-electron chi connectivity index (χ1n) is 11.6. The van der Waals surface area contributed by atoms with Gasteiger partial charge in [0.05, 0.1) is 27.9 Å². The van der Waals surface area contributed by atoms with Crippen LogP contribution in [0.25, 0.3) is 0 Å².